The van der Waals surface area contributed by atoms with E-state index in [1.165, 1.54) is 36.0 Å². The lowest BCUT2D eigenvalue weighted by Crippen LogP contribution is -2.27. The van der Waals surface area contributed by atoms with E-state index in [0.29, 0.717) is 16.9 Å². The average Bonchev–Trinajstić information content (AvgIpc) is 3.04. The number of nitrogens with zero attached hydrogens (tertiary/aromatic N) is 2. The molecule has 170 valence electrons. The van der Waals surface area contributed by atoms with Crippen molar-refractivity contribution in [2.45, 2.75) is 18.3 Å². The molecule has 1 unspecified atom stereocenters. The van der Waals surface area contributed by atoms with Crippen LogP contribution in [0.3, 0.4) is 0 Å². The van der Waals surface area contributed by atoms with E-state index in [4.69, 9.17) is 0 Å². The van der Waals surface area contributed by atoms with Gasteiger partial charge in [-0.2, -0.15) is 0 Å². The van der Waals surface area contributed by atoms with E-state index in [1.807, 2.05) is 12.1 Å². The molecule has 0 saturated heterocycles. The predicted molar refractivity (Wildman–Crippen MR) is 118 cm³/mol. The van der Waals surface area contributed by atoms with Crippen LogP contribution in [0.2, 0.25) is 0 Å². The molecule has 0 spiro atoms. The first-order chi connectivity index (χ1) is 15.8. The molecule has 1 aromatic heterocycles. The highest BCUT2D eigenvalue weighted by atomic mass is 32.2. The Kier molecular flexibility index (Phi) is 6.55. The Morgan fingerprint density at radius 1 is 1.06 bits per heavy atom. The Morgan fingerprint density at radius 2 is 1.79 bits per heavy atom. The number of halogens is 3. The third kappa shape index (κ3) is 5.64. The number of hydrogen-bond donors (Lipinski definition) is 1. The molecule has 1 N–H and O–H groups in total. The molecule has 10 heteroatoms. The smallest absolute Gasteiger partial charge is 0.406 e. The molecule has 2 aromatic carbocycles. The molecule has 0 saturated carbocycles. The molecule has 1 aliphatic heterocycles. The first kappa shape index (κ1) is 22.7. The van der Waals surface area contributed by atoms with Crippen LogP contribution in [0.25, 0.3) is 0 Å². The minimum Gasteiger partial charge on any atom is -0.406 e. The molecule has 3 aromatic rings. The number of hydrogen-bond acceptors (Lipinski definition) is 5. The standard InChI is InChI=1S/C23H18F3N3O3S/c24-23(25,26)32-16-10-8-15(9-11-16)13-29-21(31)17-5-1-2-6-18(17)22(29)33-14-20(30)28-19-7-3-4-12-27-19/h1-12,22H,13-14H2,(H,27,28,30). The van der Waals surface area contributed by atoms with Crippen LogP contribution in [-0.4, -0.2) is 33.8 Å². The van der Waals surface area contributed by atoms with Gasteiger partial charge in [0, 0.05) is 18.3 Å². The van der Waals surface area contributed by atoms with E-state index in [2.05, 4.69) is 15.0 Å². The van der Waals surface area contributed by atoms with Crippen LogP contribution in [0, 0.1) is 0 Å². The first-order valence-electron chi connectivity index (χ1n) is 9.87. The predicted octanol–water partition coefficient (Wildman–Crippen LogP) is 5.01. The summed E-state index contributed by atoms with van der Waals surface area (Å²) in [6, 6.07) is 17.7. The number of amides is 2. The second kappa shape index (κ2) is 9.53. The number of anilines is 1. The maximum absolute atomic E-state index is 13.0. The fraction of sp³-hybridized carbons (Fsp3) is 0.174. The zero-order valence-electron chi connectivity index (χ0n) is 17.1. The quantitative estimate of drug-likeness (QED) is 0.523. The summed E-state index contributed by atoms with van der Waals surface area (Å²) in [7, 11) is 0. The monoisotopic (exact) mass is 473 g/mol. The van der Waals surface area contributed by atoms with Crippen molar-refractivity contribution >= 4 is 29.4 Å². The Bertz CT molecular complexity index is 1140. The first-order valence-corrected chi connectivity index (χ1v) is 10.9. The van der Waals surface area contributed by atoms with E-state index in [9.17, 15) is 22.8 Å². The highest BCUT2D eigenvalue weighted by Gasteiger charge is 2.37. The van der Waals surface area contributed by atoms with Gasteiger partial charge in [0.25, 0.3) is 5.91 Å². The number of carbonyl (C=O) groups is 2. The molecule has 2 heterocycles. The van der Waals surface area contributed by atoms with Crippen LogP contribution in [0.1, 0.15) is 26.9 Å². The van der Waals surface area contributed by atoms with Crippen molar-refractivity contribution < 1.29 is 27.5 Å². The number of nitrogens with one attached hydrogen (secondary N) is 1. The molecule has 1 aliphatic rings. The summed E-state index contributed by atoms with van der Waals surface area (Å²) in [5.41, 5.74) is 1.96. The third-order valence-corrected chi connectivity index (χ3v) is 6.07. The SMILES string of the molecule is O=C(CSC1c2ccccc2C(=O)N1Cc1ccc(OC(F)(F)F)cc1)Nc1ccccn1. The van der Waals surface area contributed by atoms with E-state index in [1.54, 1.807) is 41.4 Å². The molecular formula is C23H18F3N3O3S. The van der Waals surface area contributed by atoms with Crippen molar-refractivity contribution in [3.8, 4) is 5.75 Å². The number of pyridine rings is 1. The Morgan fingerprint density at radius 3 is 2.48 bits per heavy atom. The number of thioether (sulfide) groups is 1. The van der Waals surface area contributed by atoms with Crippen molar-refractivity contribution in [1.82, 2.24) is 9.88 Å². The molecule has 0 bridgehead atoms. The fourth-order valence-corrected chi connectivity index (χ4v) is 4.55. The number of benzene rings is 2. The van der Waals surface area contributed by atoms with Gasteiger partial charge in [-0.05, 0) is 41.5 Å². The van der Waals surface area contributed by atoms with Crippen LogP contribution in [0.15, 0.2) is 72.9 Å². The van der Waals surface area contributed by atoms with Crippen LogP contribution in [-0.2, 0) is 11.3 Å². The van der Waals surface area contributed by atoms with E-state index < -0.39 is 11.7 Å². The van der Waals surface area contributed by atoms with Crippen LogP contribution < -0.4 is 10.1 Å². The van der Waals surface area contributed by atoms with E-state index >= 15 is 0 Å². The van der Waals surface area contributed by atoms with Crippen molar-refractivity contribution in [2.75, 3.05) is 11.1 Å². The molecule has 0 aliphatic carbocycles. The number of ether oxygens (including phenoxy) is 1. The van der Waals surface area contributed by atoms with Crippen molar-refractivity contribution in [2.24, 2.45) is 0 Å². The maximum Gasteiger partial charge on any atom is 0.573 e. The Labute approximate surface area is 191 Å². The highest BCUT2D eigenvalue weighted by molar-refractivity contribution is 8.00. The zero-order chi connectivity index (χ0) is 23.4. The summed E-state index contributed by atoms with van der Waals surface area (Å²) in [5, 5.41) is 2.29. The van der Waals surface area contributed by atoms with Gasteiger partial charge in [0.2, 0.25) is 5.91 Å². The van der Waals surface area contributed by atoms with Gasteiger partial charge in [0.1, 0.15) is 16.9 Å². The van der Waals surface area contributed by atoms with Crippen LogP contribution in [0.4, 0.5) is 19.0 Å². The summed E-state index contributed by atoms with van der Waals surface area (Å²) in [4.78, 5) is 31.1. The maximum atomic E-state index is 13.0. The molecule has 6 nitrogen and oxygen atoms in total. The van der Waals surface area contributed by atoms with Crippen LogP contribution >= 0.6 is 11.8 Å². The van der Waals surface area contributed by atoms with Gasteiger partial charge >= 0.3 is 6.36 Å². The molecule has 1 atom stereocenters. The summed E-state index contributed by atoms with van der Waals surface area (Å²) in [5.74, 6) is -0.283. The summed E-state index contributed by atoms with van der Waals surface area (Å²) in [6.45, 7) is 0.166. The average molecular weight is 473 g/mol. The van der Waals surface area contributed by atoms with Crippen molar-refractivity contribution in [1.29, 1.82) is 0 Å². The second-order valence-corrected chi connectivity index (χ2v) is 8.21. The third-order valence-electron chi connectivity index (χ3n) is 4.82. The zero-order valence-corrected chi connectivity index (χ0v) is 17.9. The van der Waals surface area contributed by atoms with Gasteiger partial charge in [-0.25, -0.2) is 4.98 Å². The molecule has 0 fully saturated rings. The summed E-state index contributed by atoms with van der Waals surface area (Å²) >= 11 is 1.29. The summed E-state index contributed by atoms with van der Waals surface area (Å²) in [6.07, 6.45) is -3.20. The van der Waals surface area contributed by atoms with E-state index in [-0.39, 0.29) is 29.9 Å². The fourth-order valence-electron chi connectivity index (χ4n) is 3.43. The lowest BCUT2D eigenvalue weighted by atomic mass is 10.1. The Hall–Kier alpha value is -3.53. The van der Waals surface area contributed by atoms with Crippen molar-refractivity contribution in [3.63, 3.8) is 0 Å². The number of carbonyl (C=O) groups excluding carboxylic acids is 2. The van der Waals surface area contributed by atoms with Gasteiger partial charge in [-0.15, -0.1) is 24.9 Å². The normalized spacial score (nSPS) is 15.3. The summed E-state index contributed by atoms with van der Waals surface area (Å²) < 4.78 is 41.1. The largest absolute Gasteiger partial charge is 0.573 e. The van der Waals surface area contributed by atoms with Gasteiger partial charge in [0.05, 0.1) is 5.75 Å². The number of aromatic nitrogens is 1. The van der Waals surface area contributed by atoms with Gasteiger partial charge in [0.15, 0.2) is 0 Å². The van der Waals surface area contributed by atoms with Gasteiger partial charge < -0.3 is 15.0 Å². The van der Waals surface area contributed by atoms with Crippen LogP contribution in [0.5, 0.6) is 5.75 Å². The lowest BCUT2D eigenvalue weighted by Gasteiger charge is -2.25. The van der Waals surface area contributed by atoms with E-state index in [0.717, 1.165) is 5.56 Å². The molecule has 0 radical (unpaired) electrons. The Balaban J connectivity index is 1.47. The van der Waals surface area contributed by atoms with Crippen molar-refractivity contribution in [3.05, 3.63) is 89.6 Å². The highest BCUT2D eigenvalue weighted by Crippen LogP contribution is 2.42. The number of fused-ring (bicyclic) bond motifs is 1. The minimum absolute atomic E-state index is 0.0811. The van der Waals surface area contributed by atoms with Gasteiger partial charge in [-0.3, -0.25) is 9.59 Å². The lowest BCUT2D eigenvalue weighted by molar-refractivity contribution is -0.274. The number of rotatable bonds is 7. The molecule has 4 rings (SSSR count). The topological polar surface area (TPSA) is 71.5 Å². The minimum atomic E-state index is -4.77. The molecule has 2 amide bonds. The molecule has 33 heavy (non-hydrogen) atoms. The van der Waals surface area contributed by atoms with Gasteiger partial charge in [-0.1, -0.05) is 36.4 Å². The molecular weight excluding hydrogens is 455 g/mol. The number of alkyl halides is 3. The second-order valence-electron chi connectivity index (χ2n) is 7.14.